The van der Waals surface area contributed by atoms with E-state index in [4.69, 9.17) is 5.73 Å². The van der Waals surface area contributed by atoms with Crippen molar-refractivity contribution in [1.29, 1.82) is 0 Å². The van der Waals surface area contributed by atoms with E-state index in [1.54, 1.807) is 17.0 Å². The van der Waals surface area contributed by atoms with E-state index in [1.165, 1.54) is 6.07 Å². The first-order chi connectivity index (χ1) is 10.9. The largest absolute Gasteiger partial charge is 0.338 e. The summed E-state index contributed by atoms with van der Waals surface area (Å²) in [5.41, 5.74) is 6.92. The number of aryl methyl sites for hydroxylation is 1. The van der Waals surface area contributed by atoms with Crippen LogP contribution in [0.25, 0.3) is 0 Å². The first kappa shape index (κ1) is 19.2. The van der Waals surface area contributed by atoms with Crippen molar-refractivity contribution < 1.29 is 13.2 Å². The van der Waals surface area contributed by atoms with Crippen LogP contribution in [0, 0.1) is 12.8 Å². The highest BCUT2D eigenvalue weighted by atomic mass is 35.5. The van der Waals surface area contributed by atoms with Crippen molar-refractivity contribution in [2.24, 2.45) is 11.7 Å². The minimum Gasteiger partial charge on any atom is -0.338 e. The molecule has 1 saturated carbocycles. The molecule has 3 N–H and O–H groups in total. The number of likely N-dealkylation sites (tertiary alicyclic amines) is 1. The van der Waals surface area contributed by atoms with Crippen LogP contribution in [-0.2, 0) is 10.0 Å². The van der Waals surface area contributed by atoms with Gasteiger partial charge in [0.2, 0.25) is 10.0 Å². The van der Waals surface area contributed by atoms with Gasteiger partial charge in [-0.3, -0.25) is 4.79 Å². The Morgan fingerprint density at radius 3 is 2.62 bits per heavy atom. The molecule has 2 fully saturated rings. The summed E-state index contributed by atoms with van der Waals surface area (Å²) in [6.45, 7) is 3.72. The van der Waals surface area contributed by atoms with Gasteiger partial charge in [-0.05, 0) is 56.3 Å². The number of halogens is 1. The van der Waals surface area contributed by atoms with Crippen LogP contribution in [0.3, 0.4) is 0 Å². The SMILES string of the molecule is Cc1ccc(S(=O)(=O)NC2CC2)cc1C(=O)N1CCC(CN)C1.Cl. The second-order valence-corrected chi connectivity index (χ2v) is 8.23. The van der Waals surface area contributed by atoms with E-state index in [1.807, 2.05) is 6.92 Å². The number of sulfonamides is 1. The molecule has 1 aliphatic carbocycles. The minimum atomic E-state index is -3.55. The van der Waals surface area contributed by atoms with Crippen LogP contribution in [0.4, 0.5) is 0 Å². The number of rotatable bonds is 5. The van der Waals surface area contributed by atoms with E-state index >= 15 is 0 Å². The molecule has 1 aromatic rings. The van der Waals surface area contributed by atoms with Gasteiger partial charge < -0.3 is 10.6 Å². The molecule has 3 rings (SSSR count). The number of amides is 1. The van der Waals surface area contributed by atoms with Crippen molar-refractivity contribution in [2.75, 3.05) is 19.6 Å². The summed E-state index contributed by atoms with van der Waals surface area (Å²) in [5, 5.41) is 0. The second kappa shape index (κ2) is 7.39. The Morgan fingerprint density at radius 1 is 1.33 bits per heavy atom. The van der Waals surface area contributed by atoms with Gasteiger partial charge in [-0.15, -0.1) is 12.4 Å². The molecule has 1 atom stereocenters. The molecule has 1 saturated heterocycles. The number of nitrogens with two attached hydrogens (primary N) is 1. The molecule has 134 valence electrons. The van der Waals surface area contributed by atoms with Crippen LogP contribution in [0.5, 0.6) is 0 Å². The summed E-state index contributed by atoms with van der Waals surface area (Å²) in [6, 6.07) is 4.80. The Hall–Kier alpha value is -1.15. The van der Waals surface area contributed by atoms with E-state index in [0.29, 0.717) is 31.1 Å². The number of nitrogens with one attached hydrogen (secondary N) is 1. The fraction of sp³-hybridized carbons (Fsp3) is 0.562. The number of nitrogens with zero attached hydrogens (tertiary/aromatic N) is 1. The maximum Gasteiger partial charge on any atom is 0.254 e. The Morgan fingerprint density at radius 2 is 2.04 bits per heavy atom. The van der Waals surface area contributed by atoms with Crippen LogP contribution >= 0.6 is 12.4 Å². The van der Waals surface area contributed by atoms with Crippen molar-refractivity contribution in [3.05, 3.63) is 29.3 Å². The summed E-state index contributed by atoms with van der Waals surface area (Å²) >= 11 is 0. The zero-order chi connectivity index (χ0) is 16.6. The highest BCUT2D eigenvalue weighted by molar-refractivity contribution is 7.89. The molecule has 0 bridgehead atoms. The van der Waals surface area contributed by atoms with E-state index in [2.05, 4.69) is 4.72 Å². The zero-order valence-electron chi connectivity index (χ0n) is 13.7. The average molecular weight is 374 g/mol. The number of carbonyl (C=O) groups is 1. The number of benzene rings is 1. The molecule has 1 amide bonds. The second-order valence-electron chi connectivity index (χ2n) is 6.51. The van der Waals surface area contributed by atoms with Gasteiger partial charge in [-0.1, -0.05) is 6.07 Å². The molecule has 1 aromatic carbocycles. The third-order valence-electron chi connectivity index (χ3n) is 4.56. The molecule has 1 aliphatic heterocycles. The summed E-state index contributed by atoms with van der Waals surface area (Å²) < 4.78 is 27.3. The van der Waals surface area contributed by atoms with Gasteiger partial charge >= 0.3 is 0 Å². The van der Waals surface area contributed by atoms with E-state index in [-0.39, 0.29) is 29.3 Å². The number of hydrogen-bond donors (Lipinski definition) is 2. The lowest BCUT2D eigenvalue weighted by atomic mass is 10.1. The number of carbonyl (C=O) groups excluding carboxylic acids is 1. The van der Waals surface area contributed by atoms with Gasteiger partial charge in [0.25, 0.3) is 5.91 Å². The van der Waals surface area contributed by atoms with Crippen LogP contribution in [0.2, 0.25) is 0 Å². The first-order valence-electron chi connectivity index (χ1n) is 8.03. The third kappa shape index (κ3) is 4.08. The van der Waals surface area contributed by atoms with Crippen molar-refractivity contribution >= 4 is 28.3 Å². The Bertz CT molecular complexity index is 719. The van der Waals surface area contributed by atoms with Gasteiger partial charge in [0.15, 0.2) is 0 Å². The lowest BCUT2D eigenvalue weighted by Crippen LogP contribution is -2.31. The maximum atomic E-state index is 12.7. The molecular formula is C16H24ClN3O3S. The summed E-state index contributed by atoms with van der Waals surface area (Å²) in [5.74, 6) is 0.227. The lowest BCUT2D eigenvalue weighted by molar-refractivity contribution is 0.0786. The van der Waals surface area contributed by atoms with E-state index in [9.17, 15) is 13.2 Å². The molecule has 0 radical (unpaired) electrons. The molecule has 1 unspecified atom stereocenters. The number of hydrogen-bond acceptors (Lipinski definition) is 4. The summed E-state index contributed by atoms with van der Waals surface area (Å²) in [4.78, 5) is 14.6. The average Bonchev–Trinajstić information content (AvgIpc) is 3.18. The molecule has 1 heterocycles. The summed E-state index contributed by atoms with van der Waals surface area (Å²) in [6.07, 6.45) is 2.67. The van der Waals surface area contributed by atoms with Crippen LogP contribution < -0.4 is 10.5 Å². The topological polar surface area (TPSA) is 92.5 Å². The Balaban J connectivity index is 0.00000208. The van der Waals surface area contributed by atoms with Gasteiger partial charge in [0, 0.05) is 24.7 Å². The molecule has 2 aliphatic rings. The van der Waals surface area contributed by atoms with Gasteiger partial charge in [-0.25, -0.2) is 13.1 Å². The predicted molar refractivity (Wildman–Crippen MR) is 94.8 cm³/mol. The van der Waals surface area contributed by atoms with Gasteiger partial charge in [0.1, 0.15) is 0 Å². The van der Waals surface area contributed by atoms with Crippen LogP contribution in [0.15, 0.2) is 23.1 Å². The summed E-state index contributed by atoms with van der Waals surface area (Å²) in [7, 11) is -3.55. The Kier molecular flexibility index (Phi) is 5.91. The van der Waals surface area contributed by atoms with Crippen molar-refractivity contribution in [3.63, 3.8) is 0 Å². The minimum absolute atomic E-state index is 0. The van der Waals surface area contributed by atoms with E-state index in [0.717, 1.165) is 24.8 Å². The molecule has 0 spiro atoms. The standard InChI is InChI=1S/C16H23N3O3S.ClH/c1-11-2-5-14(23(21,22)18-13-3-4-13)8-15(11)16(20)19-7-6-12(9-17)10-19;/h2,5,8,12-13,18H,3-4,6-7,9-10,17H2,1H3;1H. The fourth-order valence-electron chi connectivity index (χ4n) is 2.87. The fourth-order valence-corrected chi connectivity index (χ4v) is 4.20. The Labute approximate surface area is 149 Å². The molecule has 6 nitrogen and oxygen atoms in total. The lowest BCUT2D eigenvalue weighted by Gasteiger charge is -2.18. The van der Waals surface area contributed by atoms with Crippen LogP contribution in [-0.4, -0.2) is 44.9 Å². The highest BCUT2D eigenvalue weighted by Gasteiger charge is 2.30. The van der Waals surface area contributed by atoms with E-state index < -0.39 is 10.0 Å². The molecular weight excluding hydrogens is 350 g/mol. The molecule has 8 heteroatoms. The van der Waals surface area contributed by atoms with Crippen molar-refractivity contribution in [1.82, 2.24) is 9.62 Å². The first-order valence-corrected chi connectivity index (χ1v) is 9.51. The quantitative estimate of drug-likeness (QED) is 0.813. The molecule has 24 heavy (non-hydrogen) atoms. The van der Waals surface area contributed by atoms with Gasteiger partial charge in [0.05, 0.1) is 4.90 Å². The predicted octanol–water partition coefficient (Wildman–Crippen LogP) is 1.28. The van der Waals surface area contributed by atoms with Crippen molar-refractivity contribution in [3.8, 4) is 0 Å². The third-order valence-corrected chi connectivity index (χ3v) is 6.07. The smallest absolute Gasteiger partial charge is 0.254 e. The molecule has 0 aromatic heterocycles. The maximum absolute atomic E-state index is 12.7. The highest BCUT2D eigenvalue weighted by Crippen LogP contribution is 2.25. The van der Waals surface area contributed by atoms with Crippen LogP contribution in [0.1, 0.15) is 35.2 Å². The monoisotopic (exact) mass is 373 g/mol. The van der Waals surface area contributed by atoms with Crippen molar-refractivity contribution in [2.45, 2.75) is 37.1 Å². The zero-order valence-corrected chi connectivity index (χ0v) is 15.3. The van der Waals surface area contributed by atoms with Gasteiger partial charge in [-0.2, -0.15) is 0 Å². The normalized spacial score (nSPS) is 20.8.